The van der Waals surface area contributed by atoms with Crippen LogP contribution in [0.3, 0.4) is 0 Å². The fourth-order valence-corrected chi connectivity index (χ4v) is 6.19. The van der Waals surface area contributed by atoms with E-state index in [2.05, 4.69) is 14.9 Å². The number of carbonyl (C=O) groups is 1. The van der Waals surface area contributed by atoms with Crippen molar-refractivity contribution in [1.82, 2.24) is 19.4 Å². The zero-order chi connectivity index (χ0) is 24.8. The van der Waals surface area contributed by atoms with Crippen LogP contribution >= 0.6 is 0 Å². The molecule has 0 saturated carbocycles. The molecule has 3 aromatic rings. The smallest absolute Gasteiger partial charge is 0.257 e. The minimum absolute atomic E-state index is 0.0313. The molecule has 0 bridgehead atoms. The first kappa shape index (κ1) is 23.4. The minimum atomic E-state index is -0.443. The van der Waals surface area contributed by atoms with Gasteiger partial charge in [0.25, 0.3) is 5.91 Å². The van der Waals surface area contributed by atoms with E-state index < -0.39 is 11.6 Å². The topological polar surface area (TPSA) is 64.3 Å². The van der Waals surface area contributed by atoms with E-state index in [0.29, 0.717) is 35.8 Å². The molecule has 0 radical (unpaired) electrons. The lowest BCUT2D eigenvalue weighted by Crippen LogP contribution is -2.46. The molecule has 36 heavy (non-hydrogen) atoms. The zero-order valence-corrected chi connectivity index (χ0v) is 20.2. The number of fused-ring (bicyclic) bond motifs is 1. The van der Waals surface area contributed by atoms with Gasteiger partial charge in [0.2, 0.25) is 0 Å². The zero-order valence-electron chi connectivity index (χ0n) is 20.2. The Morgan fingerprint density at radius 2 is 1.83 bits per heavy atom. The minimum Gasteiger partial charge on any atom is -0.392 e. The molecule has 1 aromatic carbocycles. The second-order valence-corrected chi connectivity index (χ2v) is 10.3. The van der Waals surface area contributed by atoms with Gasteiger partial charge in [-0.25, -0.2) is 13.3 Å². The molecule has 0 spiro atoms. The van der Waals surface area contributed by atoms with E-state index in [1.54, 1.807) is 10.7 Å². The maximum atomic E-state index is 14.6. The van der Waals surface area contributed by atoms with Gasteiger partial charge in [0.15, 0.2) is 0 Å². The summed E-state index contributed by atoms with van der Waals surface area (Å²) in [6.45, 7) is 3.74. The molecule has 190 valence electrons. The van der Waals surface area contributed by atoms with Crippen molar-refractivity contribution < 1.29 is 18.7 Å². The molecule has 3 aliphatic rings. The largest absolute Gasteiger partial charge is 0.392 e. The fourth-order valence-electron chi connectivity index (χ4n) is 6.19. The van der Waals surface area contributed by atoms with Gasteiger partial charge in [-0.15, -0.1) is 0 Å². The number of piperidine rings is 1. The van der Waals surface area contributed by atoms with Crippen molar-refractivity contribution >= 4 is 17.1 Å². The molecule has 3 saturated heterocycles. The molecule has 9 heteroatoms. The Kier molecular flexibility index (Phi) is 6.13. The van der Waals surface area contributed by atoms with Crippen molar-refractivity contribution in [2.75, 3.05) is 37.6 Å². The Morgan fingerprint density at radius 3 is 2.61 bits per heavy atom. The van der Waals surface area contributed by atoms with Crippen molar-refractivity contribution in [3.63, 3.8) is 0 Å². The molecule has 2 atom stereocenters. The number of aliphatic hydroxyl groups is 1. The van der Waals surface area contributed by atoms with Crippen LogP contribution in [0.25, 0.3) is 5.52 Å². The summed E-state index contributed by atoms with van der Waals surface area (Å²) in [5.41, 5.74) is 2.51. The van der Waals surface area contributed by atoms with Crippen molar-refractivity contribution in [2.24, 2.45) is 0 Å². The third-order valence-electron chi connectivity index (χ3n) is 8.10. The molecular formula is C27H31F2N5O2. The van der Waals surface area contributed by atoms with Crippen LogP contribution in [0.2, 0.25) is 0 Å². The van der Waals surface area contributed by atoms with Gasteiger partial charge in [0.1, 0.15) is 11.6 Å². The first-order valence-electron chi connectivity index (χ1n) is 12.9. The van der Waals surface area contributed by atoms with E-state index in [1.807, 2.05) is 23.2 Å². The van der Waals surface area contributed by atoms with Crippen LogP contribution in [0.1, 0.15) is 54.1 Å². The number of carbonyl (C=O) groups excluding carboxylic acids is 1. The van der Waals surface area contributed by atoms with Crippen LogP contribution in [0.5, 0.6) is 0 Å². The Bertz CT molecular complexity index is 1270. The lowest BCUT2D eigenvalue weighted by atomic mass is 10.0. The summed E-state index contributed by atoms with van der Waals surface area (Å²) < 4.78 is 30.2. The van der Waals surface area contributed by atoms with Crippen LogP contribution in [0, 0.1) is 11.6 Å². The average molecular weight is 496 g/mol. The molecule has 5 heterocycles. The number of aliphatic hydroxyl groups excluding tert-OH is 1. The molecule has 6 rings (SSSR count). The van der Waals surface area contributed by atoms with E-state index in [-0.39, 0.29) is 18.1 Å². The fraction of sp³-hybridized carbons (Fsp3) is 0.481. The van der Waals surface area contributed by atoms with Crippen LogP contribution in [-0.2, 0) is 0 Å². The Hall–Kier alpha value is -3.04. The predicted molar refractivity (Wildman–Crippen MR) is 132 cm³/mol. The quantitative estimate of drug-likeness (QED) is 0.599. The summed E-state index contributed by atoms with van der Waals surface area (Å²) in [6, 6.07) is 7.63. The van der Waals surface area contributed by atoms with Crippen LogP contribution in [0.15, 0.2) is 42.7 Å². The lowest BCUT2D eigenvalue weighted by Gasteiger charge is -2.36. The first-order chi connectivity index (χ1) is 17.5. The van der Waals surface area contributed by atoms with Gasteiger partial charge in [-0.1, -0.05) is 0 Å². The maximum Gasteiger partial charge on any atom is 0.257 e. The highest BCUT2D eigenvalue weighted by molar-refractivity contribution is 6.01. The number of β-amino-alcohol motifs (C(OH)–C–C–N with tert-alkyl or cyclic N) is 1. The maximum absolute atomic E-state index is 14.6. The summed E-state index contributed by atoms with van der Waals surface area (Å²) in [4.78, 5) is 19.8. The first-order valence-corrected chi connectivity index (χ1v) is 12.9. The van der Waals surface area contributed by atoms with E-state index in [1.165, 1.54) is 12.1 Å². The highest BCUT2D eigenvalue weighted by Crippen LogP contribution is 2.38. The number of pyridine rings is 1. The number of halogens is 2. The second-order valence-electron chi connectivity index (χ2n) is 10.3. The monoisotopic (exact) mass is 495 g/mol. The molecule has 1 N–H and O–H groups in total. The summed E-state index contributed by atoms with van der Waals surface area (Å²) in [5.74, 6) is -0.875. The van der Waals surface area contributed by atoms with E-state index >= 15 is 0 Å². The molecular weight excluding hydrogens is 464 g/mol. The van der Waals surface area contributed by atoms with Crippen molar-refractivity contribution in [1.29, 1.82) is 0 Å². The number of amides is 1. The Labute approximate surface area is 208 Å². The van der Waals surface area contributed by atoms with Crippen LogP contribution < -0.4 is 4.90 Å². The number of hydrogen-bond donors (Lipinski definition) is 1. The number of likely N-dealkylation sites (tertiary alicyclic amines) is 2. The number of rotatable bonds is 4. The van der Waals surface area contributed by atoms with Gasteiger partial charge < -0.3 is 14.9 Å². The van der Waals surface area contributed by atoms with Gasteiger partial charge >= 0.3 is 0 Å². The lowest BCUT2D eigenvalue weighted by molar-refractivity contribution is 0.0629. The normalized spacial score (nSPS) is 23.8. The van der Waals surface area contributed by atoms with Gasteiger partial charge in [-0.2, -0.15) is 5.10 Å². The molecule has 3 aliphatic heterocycles. The highest BCUT2D eigenvalue weighted by Gasteiger charge is 2.33. The van der Waals surface area contributed by atoms with Gasteiger partial charge in [0, 0.05) is 56.2 Å². The van der Waals surface area contributed by atoms with Crippen LogP contribution in [0.4, 0.5) is 14.5 Å². The molecule has 1 amide bonds. The summed E-state index contributed by atoms with van der Waals surface area (Å²) in [7, 11) is 0. The third kappa shape index (κ3) is 4.24. The van der Waals surface area contributed by atoms with Crippen molar-refractivity contribution in [3.05, 3.63) is 65.5 Å². The summed E-state index contributed by atoms with van der Waals surface area (Å²) in [5, 5.41) is 14.2. The molecule has 3 fully saturated rings. The van der Waals surface area contributed by atoms with Gasteiger partial charge in [0.05, 0.1) is 29.4 Å². The molecule has 2 aromatic heterocycles. The second kappa shape index (κ2) is 9.44. The van der Waals surface area contributed by atoms with Crippen molar-refractivity contribution in [3.8, 4) is 0 Å². The highest BCUT2D eigenvalue weighted by atomic mass is 19.1. The number of benzene rings is 1. The van der Waals surface area contributed by atoms with Gasteiger partial charge in [-0.05, 0) is 62.4 Å². The molecule has 0 aliphatic carbocycles. The number of aromatic nitrogens is 2. The molecule has 0 unspecified atom stereocenters. The SMILES string of the molecule is O=C(c1cnn2ccc(N3CCC[C@@H]3c3cc(F)ccc3F)cc12)N1CCC(N2CC[C@H](O)C2)CC1. The third-order valence-corrected chi connectivity index (χ3v) is 8.10. The number of nitrogens with zero attached hydrogens (tertiary/aromatic N) is 5. The Morgan fingerprint density at radius 1 is 1.00 bits per heavy atom. The van der Waals surface area contributed by atoms with E-state index in [4.69, 9.17) is 0 Å². The van der Waals surface area contributed by atoms with Crippen LogP contribution in [-0.4, -0.2) is 75.3 Å². The predicted octanol–water partition coefficient (Wildman–Crippen LogP) is 3.63. The molecule has 7 nitrogen and oxygen atoms in total. The average Bonchev–Trinajstić information content (AvgIpc) is 3.64. The number of anilines is 1. The van der Waals surface area contributed by atoms with E-state index in [9.17, 15) is 18.7 Å². The van der Waals surface area contributed by atoms with Crippen molar-refractivity contribution in [2.45, 2.75) is 50.3 Å². The summed E-state index contributed by atoms with van der Waals surface area (Å²) in [6.07, 6.45) is 7.45. The summed E-state index contributed by atoms with van der Waals surface area (Å²) >= 11 is 0. The van der Waals surface area contributed by atoms with E-state index in [0.717, 1.165) is 63.5 Å². The van der Waals surface area contributed by atoms with Gasteiger partial charge in [-0.3, -0.25) is 9.69 Å². The number of hydrogen-bond acceptors (Lipinski definition) is 5. The Balaban J connectivity index is 1.22. The standard InChI is InChI=1S/C27H31F2N5O2/c28-18-3-4-24(29)22(14-18)25-2-1-9-33(25)20-7-13-34-26(15-20)23(16-30-34)27(36)31-10-5-19(6-11-31)32-12-8-21(35)17-32/h3-4,7,13-16,19,21,25,35H,1-2,5-6,8-12,17H2/t21-,25+/m0/s1.